The zero-order valence-corrected chi connectivity index (χ0v) is 6.88. The highest BCUT2D eigenvalue weighted by Crippen LogP contribution is 1.82. The number of hydrogen-bond donors (Lipinski definition) is 2. The molecule has 0 amide bonds. The van der Waals surface area contributed by atoms with Crippen molar-refractivity contribution >= 4 is 0 Å². The molecule has 2 heteroatoms. The van der Waals surface area contributed by atoms with E-state index >= 15 is 0 Å². The molecule has 2 N–H and O–H groups in total. The largest absolute Gasteiger partial charge is 0.397 e. The lowest BCUT2D eigenvalue weighted by atomic mass is 10.3. The van der Waals surface area contributed by atoms with Gasteiger partial charge in [-0.25, -0.2) is 0 Å². The van der Waals surface area contributed by atoms with E-state index < -0.39 is 0 Å². The van der Waals surface area contributed by atoms with Crippen molar-refractivity contribution in [2.75, 3.05) is 13.2 Å². The lowest BCUT2D eigenvalue weighted by Crippen LogP contribution is -1.73. The average Bonchev–Trinajstić information content (AvgIpc) is 1.91. The van der Waals surface area contributed by atoms with E-state index in [0.717, 1.165) is 12.8 Å². The summed E-state index contributed by atoms with van der Waals surface area (Å²) in [5, 5.41) is 15.8. The van der Waals surface area contributed by atoms with E-state index in [9.17, 15) is 0 Å². The predicted octanol–water partition coefficient (Wildman–Crippen LogP) is 1.33. The Morgan fingerprint density at radius 2 is 1.60 bits per heavy atom. The Labute approximate surface area is 63.2 Å². The van der Waals surface area contributed by atoms with Gasteiger partial charge in [-0.3, -0.25) is 0 Å². The minimum Gasteiger partial charge on any atom is -0.397 e. The molecule has 2 nitrogen and oxygen atoms in total. The van der Waals surface area contributed by atoms with Crippen LogP contribution in [0.5, 0.6) is 0 Å². The highest BCUT2D eigenvalue weighted by molar-refractivity contribution is 4.79. The first kappa shape index (κ1) is 12.3. The fourth-order valence-corrected chi connectivity index (χ4v) is 0.359. The second kappa shape index (κ2) is 15.9. The molecule has 10 heavy (non-hydrogen) atoms. The summed E-state index contributed by atoms with van der Waals surface area (Å²) in [5.41, 5.74) is 0. The Hall–Kier alpha value is -0.340. The van der Waals surface area contributed by atoms with Crippen molar-refractivity contribution in [3.8, 4) is 0 Å². The minimum absolute atomic E-state index is 0.250. The summed E-state index contributed by atoms with van der Waals surface area (Å²) >= 11 is 0. The number of rotatable bonds is 3. The molecule has 0 aliphatic carbocycles. The van der Waals surface area contributed by atoms with Crippen LogP contribution in [0.15, 0.2) is 12.2 Å². The maximum Gasteiger partial charge on any atom is 0.0465 e. The Bertz CT molecular complexity index is 60.3. The van der Waals surface area contributed by atoms with Crippen LogP contribution in [0, 0.1) is 0 Å². The van der Waals surface area contributed by atoms with Gasteiger partial charge < -0.3 is 10.2 Å². The number of allylic oxidation sites excluding steroid dienone is 1. The summed E-state index contributed by atoms with van der Waals surface area (Å²) in [6.07, 6.45) is 5.91. The lowest BCUT2D eigenvalue weighted by molar-refractivity contribution is 0.302. The molecule has 62 valence electrons. The van der Waals surface area contributed by atoms with Crippen molar-refractivity contribution < 1.29 is 10.2 Å². The standard InChI is InChI=1S/C6H12O.C2H6O/c1-2-3-4-5-6-7;1-2-3/h3-4,7H,2,5-6H2,1H3;3H,2H2,1H3/b4-3-;. The number of aliphatic hydroxyl groups excluding tert-OH is 2. The van der Waals surface area contributed by atoms with Crippen molar-refractivity contribution in [2.24, 2.45) is 0 Å². The maximum absolute atomic E-state index is 8.24. The SMILES string of the molecule is CC/C=C\CCO.CCO. The molecule has 0 spiro atoms. The molecule has 0 heterocycles. The first-order valence-electron chi connectivity index (χ1n) is 3.70. The van der Waals surface area contributed by atoms with Crippen LogP contribution in [0.25, 0.3) is 0 Å². The molecule has 0 aromatic carbocycles. The number of aliphatic hydroxyl groups is 2. The highest BCUT2D eigenvalue weighted by atomic mass is 16.3. The van der Waals surface area contributed by atoms with Crippen LogP contribution in [0.4, 0.5) is 0 Å². The zero-order valence-electron chi connectivity index (χ0n) is 6.88. The minimum atomic E-state index is 0.250. The zero-order chi connectivity index (χ0) is 8.24. The Kier molecular flexibility index (Phi) is 19.6. The molecule has 0 saturated carbocycles. The van der Waals surface area contributed by atoms with E-state index in [0.29, 0.717) is 0 Å². The van der Waals surface area contributed by atoms with Crippen LogP contribution in [0.1, 0.15) is 26.7 Å². The summed E-state index contributed by atoms with van der Waals surface area (Å²) in [5.74, 6) is 0. The number of hydrogen-bond acceptors (Lipinski definition) is 2. The van der Waals surface area contributed by atoms with Crippen LogP contribution in [-0.2, 0) is 0 Å². The third kappa shape index (κ3) is 25.4. The van der Waals surface area contributed by atoms with Gasteiger partial charge in [0.2, 0.25) is 0 Å². The monoisotopic (exact) mass is 146 g/mol. The molecule has 0 fully saturated rings. The van der Waals surface area contributed by atoms with Gasteiger partial charge in [-0.1, -0.05) is 19.1 Å². The van der Waals surface area contributed by atoms with Crippen molar-refractivity contribution in [1.29, 1.82) is 0 Å². The molecule has 0 aromatic rings. The predicted molar refractivity (Wildman–Crippen MR) is 43.9 cm³/mol. The van der Waals surface area contributed by atoms with Crippen LogP contribution in [-0.4, -0.2) is 23.4 Å². The molecular weight excluding hydrogens is 128 g/mol. The molecule has 0 atom stereocenters. The molecule has 0 rings (SSSR count). The van der Waals surface area contributed by atoms with Crippen LogP contribution >= 0.6 is 0 Å². The van der Waals surface area contributed by atoms with Gasteiger partial charge in [-0.2, -0.15) is 0 Å². The average molecular weight is 146 g/mol. The lowest BCUT2D eigenvalue weighted by Gasteiger charge is -1.79. The second-order valence-electron chi connectivity index (χ2n) is 1.71. The van der Waals surface area contributed by atoms with Gasteiger partial charge in [-0.15, -0.1) is 0 Å². The molecule has 0 unspecified atom stereocenters. The fraction of sp³-hybridized carbons (Fsp3) is 0.750. The van der Waals surface area contributed by atoms with Crippen LogP contribution in [0.2, 0.25) is 0 Å². The van der Waals surface area contributed by atoms with Gasteiger partial charge in [0.15, 0.2) is 0 Å². The molecule has 0 aliphatic heterocycles. The van der Waals surface area contributed by atoms with Gasteiger partial charge in [0.1, 0.15) is 0 Å². The Balaban J connectivity index is 0. The van der Waals surface area contributed by atoms with Crippen molar-refractivity contribution in [1.82, 2.24) is 0 Å². The van der Waals surface area contributed by atoms with Crippen LogP contribution in [0.3, 0.4) is 0 Å². The van der Waals surface area contributed by atoms with Gasteiger partial charge in [0, 0.05) is 13.2 Å². The smallest absolute Gasteiger partial charge is 0.0465 e. The van der Waals surface area contributed by atoms with Crippen molar-refractivity contribution in [3.05, 3.63) is 12.2 Å². The normalized spacial score (nSPS) is 9.20. The molecule has 0 radical (unpaired) electrons. The molecule has 0 aliphatic rings. The quantitative estimate of drug-likeness (QED) is 0.590. The van der Waals surface area contributed by atoms with Gasteiger partial charge in [0.25, 0.3) is 0 Å². The molecule has 0 saturated heterocycles. The highest BCUT2D eigenvalue weighted by Gasteiger charge is 1.68. The summed E-state index contributed by atoms with van der Waals surface area (Å²) in [4.78, 5) is 0. The van der Waals surface area contributed by atoms with E-state index in [1.165, 1.54) is 0 Å². The van der Waals surface area contributed by atoms with Gasteiger partial charge in [-0.05, 0) is 19.8 Å². The summed E-state index contributed by atoms with van der Waals surface area (Å²) in [6, 6.07) is 0. The van der Waals surface area contributed by atoms with Crippen LogP contribution < -0.4 is 0 Å². The molecule has 0 bridgehead atoms. The van der Waals surface area contributed by atoms with E-state index in [2.05, 4.69) is 13.0 Å². The van der Waals surface area contributed by atoms with Crippen molar-refractivity contribution in [2.45, 2.75) is 26.7 Å². The molecule has 0 aromatic heterocycles. The van der Waals surface area contributed by atoms with E-state index in [4.69, 9.17) is 10.2 Å². The van der Waals surface area contributed by atoms with Crippen molar-refractivity contribution in [3.63, 3.8) is 0 Å². The Morgan fingerprint density at radius 3 is 1.90 bits per heavy atom. The van der Waals surface area contributed by atoms with Gasteiger partial charge >= 0.3 is 0 Å². The van der Waals surface area contributed by atoms with E-state index in [1.54, 1.807) is 6.92 Å². The summed E-state index contributed by atoms with van der Waals surface area (Å²) < 4.78 is 0. The third-order valence-electron chi connectivity index (χ3n) is 0.698. The van der Waals surface area contributed by atoms with E-state index in [1.807, 2.05) is 6.08 Å². The molecular formula is C8H18O2. The summed E-state index contributed by atoms with van der Waals surface area (Å²) in [7, 11) is 0. The first-order chi connectivity index (χ1) is 4.83. The topological polar surface area (TPSA) is 40.5 Å². The third-order valence-corrected chi connectivity index (χ3v) is 0.698. The van der Waals surface area contributed by atoms with Gasteiger partial charge in [0.05, 0.1) is 0 Å². The first-order valence-corrected chi connectivity index (χ1v) is 3.70. The Morgan fingerprint density at radius 1 is 1.10 bits per heavy atom. The second-order valence-corrected chi connectivity index (χ2v) is 1.71. The summed E-state index contributed by atoms with van der Waals surface area (Å²) in [6.45, 7) is 4.28. The van der Waals surface area contributed by atoms with E-state index in [-0.39, 0.29) is 13.2 Å². The fourth-order valence-electron chi connectivity index (χ4n) is 0.359. The maximum atomic E-state index is 8.24.